The number of aromatic nitrogens is 2. The van der Waals surface area contributed by atoms with Gasteiger partial charge in [-0.1, -0.05) is 6.07 Å². The van der Waals surface area contributed by atoms with Gasteiger partial charge in [-0.2, -0.15) is 0 Å². The number of hydrogen-bond acceptors (Lipinski definition) is 6. The monoisotopic (exact) mass is 391 g/mol. The molecule has 0 saturated carbocycles. The van der Waals surface area contributed by atoms with Gasteiger partial charge < -0.3 is 19.5 Å². The highest BCUT2D eigenvalue weighted by molar-refractivity contribution is 5.92. The van der Waals surface area contributed by atoms with Crippen LogP contribution >= 0.6 is 0 Å². The van der Waals surface area contributed by atoms with Gasteiger partial charge in [0.1, 0.15) is 12.3 Å². The molecule has 0 spiro atoms. The molecule has 1 atom stereocenters. The predicted octanol–water partition coefficient (Wildman–Crippen LogP) is 2.95. The number of benzene rings is 1. The normalized spacial score (nSPS) is 14.9. The molecule has 7 heteroatoms. The second-order valence-electron chi connectivity index (χ2n) is 6.64. The lowest BCUT2D eigenvalue weighted by atomic mass is 10.0. The van der Waals surface area contributed by atoms with Gasteiger partial charge >= 0.3 is 0 Å². The summed E-state index contributed by atoms with van der Waals surface area (Å²) in [5.41, 5.74) is 3.39. The Morgan fingerprint density at radius 3 is 2.76 bits per heavy atom. The van der Waals surface area contributed by atoms with Crippen LogP contribution in [-0.4, -0.2) is 36.6 Å². The van der Waals surface area contributed by atoms with Crippen LogP contribution in [0.5, 0.6) is 17.4 Å². The molecule has 1 N–H and O–H groups in total. The van der Waals surface area contributed by atoms with Crippen LogP contribution in [0, 0.1) is 0 Å². The standard InChI is InChI=1S/C22H21N3O4/c1-23-22(26)17-10-15(7-8-24-17)9-14-3-5-18-19(11-14)28-13-20(29-18)16-4-6-21(27-2)25-12-16/h3-8,10-12,20H,9,13H2,1-2H3,(H,23,26). The van der Waals surface area contributed by atoms with Crippen LogP contribution in [0.15, 0.2) is 54.9 Å². The zero-order valence-corrected chi connectivity index (χ0v) is 16.2. The van der Waals surface area contributed by atoms with E-state index in [9.17, 15) is 4.79 Å². The van der Waals surface area contributed by atoms with Crippen molar-refractivity contribution in [2.24, 2.45) is 0 Å². The minimum atomic E-state index is -0.220. The van der Waals surface area contributed by atoms with E-state index in [1.54, 1.807) is 38.7 Å². The van der Waals surface area contributed by atoms with Crippen LogP contribution in [0.3, 0.4) is 0 Å². The van der Waals surface area contributed by atoms with Crippen molar-refractivity contribution in [3.8, 4) is 17.4 Å². The van der Waals surface area contributed by atoms with E-state index >= 15 is 0 Å². The number of rotatable bonds is 5. The zero-order chi connectivity index (χ0) is 20.2. The third-order valence-electron chi connectivity index (χ3n) is 4.70. The number of pyridine rings is 2. The zero-order valence-electron chi connectivity index (χ0n) is 16.2. The van der Waals surface area contributed by atoms with E-state index in [0.29, 0.717) is 36.1 Å². The largest absolute Gasteiger partial charge is 0.485 e. The highest BCUT2D eigenvalue weighted by Gasteiger charge is 2.23. The lowest BCUT2D eigenvalue weighted by Gasteiger charge is -2.27. The number of nitrogens with one attached hydrogen (secondary N) is 1. The fraction of sp³-hybridized carbons (Fsp3) is 0.227. The third-order valence-corrected chi connectivity index (χ3v) is 4.70. The number of carbonyl (C=O) groups excluding carboxylic acids is 1. The van der Waals surface area contributed by atoms with Crippen molar-refractivity contribution in [1.82, 2.24) is 15.3 Å². The van der Waals surface area contributed by atoms with Gasteiger partial charge in [0, 0.05) is 31.1 Å². The lowest BCUT2D eigenvalue weighted by Crippen LogP contribution is -2.21. The summed E-state index contributed by atoms with van der Waals surface area (Å²) in [5, 5.41) is 2.59. The van der Waals surface area contributed by atoms with E-state index in [1.165, 1.54) is 0 Å². The number of hydrogen-bond donors (Lipinski definition) is 1. The molecule has 0 radical (unpaired) electrons. The smallest absolute Gasteiger partial charge is 0.269 e. The first-order valence-electron chi connectivity index (χ1n) is 9.25. The second-order valence-corrected chi connectivity index (χ2v) is 6.64. The van der Waals surface area contributed by atoms with Gasteiger partial charge in [-0.15, -0.1) is 0 Å². The van der Waals surface area contributed by atoms with Crippen molar-refractivity contribution in [3.63, 3.8) is 0 Å². The number of methoxy groups -OCH3 is 1. The van der Waals surface area contributed by atoms with E-state index in [2.05, 4.69) is 15.3 Å². The molecule has 0 aliphatic carbocycles. The van der Waals surface area contributed by atoms with E-state index in [0.717, 1.165) is 16.7 Å². The van der Waals surface area contributed by atoms with Gasteiger partial charge in [-0.3, -0.25) is 9.78 Å². The fourth-order valence-corrected chi connectivity index (χ4v) is 3.16. The topological polar surface area (TPSA) is 82.6 Å². The molecule has 3 heterocycles. The summed E-state index contributed by atoms with van der Waals surface area (Å²) in [5.74, 6) is 1.77. The maximum Gasteiger partial charge on any atom is 0.269 e. The maximum absolute atomic E-state index is 11.8. The van der Waals surface area contributed by atoms with Gasteiger partial charge in [0.25, 0.3) is 5.91 Å². The molecule has 4 rings (SSSR count). The molecule has 3 aromatic rings. The van der Waals surface area contributed by atoms with Crippen molar-refractivity contribution < 1.29 is 19.0 Å². The van der Waals surface area contributed by atoms with Crippen LogP contribution < -0.4 is 19.5 Å². The molecule has 0 saturated heterocycles. The van der Waals surface area contributed by atoms with Crippen LogP contribution in [0.25, 0.3) is 0 Å². The highest BCUT2D eigenvalue weighted by atomic mass is 16.6. The van der Waals surface area contributed by atoms with E-state index < -0.39 is 0 Å². The number of ether oxygens (including phenoxy) is 3. The quantitative estimate of drug-likeness (QED) is 0.720. The third kappa shape index (κ3) is 4.13. The molecular weight excluding hydrogens is 370 g/mol. The Bertz CT molecular complexity index is 1020. The maximum atomic E-state index is 11.8. The van der Waals surface area contributed by atoms with E-state index in [1.807, 2.05) is 30.3 Å². The summed E-state index contributed by atoms with van der Waals surface area (Å²) in [6.45, 7) is 0.403. The molecular formula is C22H21N3O4. The molecule has 7 nitrogen and oxygen atoms in total. The first-order chi connectivity index (χ1) is 14.2. The molecule has 1 amide bonds. The number of amides is 1. The van der Waals surface area contributed by atoms with E-state index in [-0.39, 0.29) is 12.0 Å². The van der Waals surface area contributed by atoms with Crippen molar-refractivity contribution in [3.05, 3.63) is 77.2 Å². The first-order valence-corrected chi connectivity index (χ1v) is 9.25. The van der Waals surface area contributed by atoms with E-state index in [4.69, 9.17) is 14.2 Å². The SMILES string of the molecule is CNC(=O)c1cc(Cc2ccc3c(c2)OCC(c2ccc(OC)nc2)O3)ccn1. The van der Waals surface area contributed by atoms with Crippen molar-refractivity contribution >= 4 is 5.91 Å². The average Bonchev–Trinajstić information content (AvgIpc) is 2.78. The number of fused-ring (bicyclic) bond motifs is 1. The number of carbonyl (C=O) groups is 1. The number of nitrogens with zero attached hydrogens (tertiary/aromatic N) is 2. The summed E-state index contributed by atoms with van der Waals surface area (Å²) >= 11 is 0. The van der Waals surface area contributed by atoms with Crippen LogP contribution in [-0.2, 0) is 6.42 Å². The van der Waals surface area contributed by atoms with Crippen molar-refractivity contribution in [1.29, 1.82) is 0 Å². The summed E-state index contributed by atoms with van der Waals surface area (Å²) in [6.07, 6.45) is 3.82. The van der Waals surface area contributed by atoms with Crippen molar-refractivity contribution in [2.75, 3.05) is 20.8 Å². The Balaban J connectivity index is 1.48. The summed E-state index contributed by atoms with van der Waals surface area (Å²) in [6, 6.07) is 13.3. The molecule has 0 fully saturated rings. The minimum absolute atomic E-state index is 0.201. The summed E-state index contributed by atoms with van der Waals surface area (Å²) in [4.78, 5) is 20.1. The van der Waals surface area contributed by atoms with Crippen LogP contribution in [0.4, 0.5) is 0 Å². The summed E-state index contributed by atoms with van der Waals surface area (Å²) in [7, 11) is 3.17. The van der Waals surface area contributed by atoms with Crippen LogP contribution in [0.1, 0.15) is 33.3 Å². The molecule has 0 bridgehead atoms. The molecule has 2 aromatic heterocycles. The molecule has 29 heavy (non-hydrogen) atoms. The van der Waals surface area contributed by atoms with Gasteiger partial charge in [0.2, 0.25) is 5.88 Å². The Kier molecular flexibility index (Phi) is 5.29. The minimum Gasteiger partial charge on any atom is -0.485 e. The van der Waals surface area contributed by atoms with Crippen molar-refractivity contribution in [2.45, 2.75) is 12.5 Å². The first kappa shape index (κ1) is 18.7. The summed E-state index contributed by atoms with van der Waals surface area (Å²) < 4.78 is 17.1. The second kappa shape index (κ2) is 8.18. The fourth-order valence-electron chi connectivity index (χ4n) is 3.16. The Hall–Kier alpha value is -3.61. The van der Waals surface area contributed by atoms with Gasteiger partial charge in [0.05, 0.1) is 7.11 Å². The highest BCUT2D eigenvalue weighted by Crippen LogP contribution is 2.37. The Labute approximate surface area is 168 Å². The van der Waals surface area contributed by atoms with Crippen LogP contribution in [0.2, 0.25) is 0 Å². The molecule has 1 unspecified atom stereocenters. The Morgan fingerprint density at radius 2 is 2.00 bits per heavy atom. The average molecular weight is 391 g/mol. The van der Waals surface area contributed by atoms with Gasteiger partial charge in [-0.05, 0) is 47.9 Å². The predicted molar refractivity (Wildman–Crippen MR) is 107 cm³/mol. The lowest BCUT2D eigenvalue weighted by molar-refractivity contribution is 0.0909. The molecule has 1 aromatic carbocycles. The molecule has 148 valence electrons. The van der Waals surface area contributed by atoms with Gasteiger partial charge in [0.15, 0.2) is 17.6 Å². The van der Waals surface area contributed by atoms with Gasteiger partial charge in [-0.25, -0.2) is 4.98 Å². The molecule has 1 aliphatic rings. The Morgan fingerprint density at radius 1 is 1.14 bits per heavy atom. The molecule has 1 aliphatic heterocycles.